The van der Waals surface area contributed by atoms with E-state index in [1.54, 1.807) is 0 Å². The molecule has 0 amide bonds. The summed E-state index contributed by atoms with van der Waals surface area (Å²) in [5.41, 5.74) is 8.31. The van der Waals surface area contributed by atoms with Crippen LogP contribution in [0, 0.1) is 0 Å². The minimum absolute atomic E-state index is 0.0219. The molecule has 1 aliphatic carbocycles. The highest BCUT2D eigenvalue weighted by Crippen LogP contribution is 2.33. The molecule has 1 unspecified atom stereocenters. The van der Waals surface area contributed by atoms with Gasteiger partial charge in [-0.15, -0.1) is 0 Å². The Morgan fingerprint density at radius 3 is 2.69 bits per heavy atom. The van der Waals surface area contributed by atoms with Gasteiger partial charge in [0.1, 0.15) is 0 Å². The molecule has 2 heteroatoms. The maximum absolute atomic E-state index is 9.06. The third-order valence-electron chi connectivity index (χ3n) is 3.61. The van der Waals surface area contributed by atoms with E-state index in [1.165, 1.54) is 37.7 Å². The van der Waals surface area contributed by atoms with Crippen molar-refractivity contribution in [2.75, 3.05) is 6.61 Å². The molecule has 1 atom stereocenters. The first-order valence-corrected chi connectivity index (χ1v) is 6.27. The van der Waals surface area contributed by atoms with Crippen LogP contribution in [0.1, 0.15) is 55.2 Å². The third kappa shape index (κ3) is 2.63. The lowest BCUT2D eigenvalue weighted by atomic mass is 9.83. The molecular weight excluding hydrogens is 198 g/mol. The SMILES string of the molecule is NC(CO)c1cccc(C2CCCCC2)c1. The van der Waals surface area contributed by atoms with Crippen LogP contribution >= 0.6 is 0 Å². The molecule has 1 saturated carbocycles. The van der Waals surface area contributed by atoms with Crippen LogP contribution in [0.4, 0.5) is 0 Å². The molecule has 2 rings (SSSR count). The van der Waals surface area contributed by atoms with Gasteiger partial charge in [-0.25, -0.2) is 0 Å². The zero-order chi connectivity index (χ0) is 11.4. The average molecular weight is 219 g/mol. The first-order valence-electron chi connectivity index (χ1n) is 6.27. The summed E-state index contributed by atoms with van der Waals surface area (Å²) in [6.07, 6.45) is 6.68. The summed E-state index contributed by atoms with van der Waals surface area (Å²) in [5, 5.41) is 9.06. The fourth-order valence-corrected chi connectivity index (χ4v) is 2.58. The lowest BCUT2D eigenvalue weighted by Gasteiger charge is -2.23. The van der Waals surface area contributed by atoms with E-state index in [1.807, 2.05) is 6.07 Å². The molecule has 1 aromatic rings. The van der Waals surface area contributed by atoms with Gasteiger partial charge in [-0.3, -0.25) is 0 Å². The zero-order valence-electron chi connectivity index (χ0n) is 9.73. The van der Waals surface area contributed by atoms with E-state index in [2.05, 4.69) is 18.2 Å². The topological polar surface area (TPSA) is 46.2 Å². The Bertz CT molecular complexity index is 331. The van der Waals surface area contributed by atoms with E-state index < -0.39 is 0 Å². The Labute approximate surface area is 97.5 Å². The van der Waals surface area contributed by atoms with Gasteiger partial charge in [0, 0.05) is 0 Å². The van der Waals surface area contributed by atoms with Gasteiger partial charge < -0.3 is 10.8 Å². The number of aliphatic hydroxyl groups is 1. The molecule has 0 radical (unpaired) electrons. The van der Waals surface area contributed by atoms with Gasteiger partial charge in [0.2, 0.25) is 0 Å². The second kappa shape index (κ2) is 5.46. The van der Waals surface area contributed by atoms with Crippen molar-refractivity contribution in [1.82, 2.24) is 0 Å². The van der Waals surface area contributed by atoms with Crippen LogP contribution in [-0.2, 0) is 0 Å². The van der Waals surface area contributed by atoms with Crippen molar-refractivity contribution in [3.05, 3.63) is 35.4 Å². The van der Waals surface area contributed by atoms with Crippen LogP contribution < -0.4 is 5.73 Å². The molecule has 88 valence electrons. The summed E-state index contributed by atoms with van der Waals surface area (Å²) in [6.45, 7) is 0.0219. The number of nitrogens with two attached hydrogens (primary N) is 1. The Balaban J connectivity index is 2.14. The highest BCUT2D eigenvalue weighted by atomic mass is 16.3. The lowest BCUT2D eigenvalue weighted by molar-refractivity contribution is 0.268. The molecule has 1 fully saturated rings. The van der Waals surface area contributed by atoms with E-state index in [9.17, 15) is 0 Å². The molecular formula is C14H21NO. The maximum Gasteiger partial charge on any atom is 0.0624 e. The predicted molar refractivity (Wildman–Crippen MR) is 66.3 cm³/mol. The van der Waals surface area contributed by atoms with Crippen molar-refractivity contribution in [3.8, 4) is 0 Å². The maximum atomic E-state index is 9.06. The summed E-state index contributed by atoms with van der Waals surface area (Å²) in [5.74, 6) is 0.708. The van der Waals surface area contributed by atoms with Gasteiger partial charge in [-0.05, 0) is 29.9 Å². The lowest BCUT2D eigenvalue weighted by Crippen LogP contribution is -2.15. The van der Waals surface area contributed by atoms with Crippen molar-refractivity contribution in [3.63, 3.8) is 0 Å². The predicted octanol–water partition coefficient (Wildman–Crippen LogP) is 2.73. The summed E-state index contributed by atoms with van der Waals surface area (Å²) in [4.78, 5) is 0. The Morgan fingerprint density at radius 1 is 1.25 bits per heavy atom. The first kappa shape index (κ1) is 11.6. The standard InChI is InChI=1S/C14H21NO/c15-14(10-16)13-8-4-7-12(9-13)11-5-2-1-3-6-11/h4,7-9,11,14,16H,1-3,5-6,10,15H2. The Kier molecular flexibility index (Phi) is 3.97. The summed E-state index contributed by atoms with van der Waals surface area (Å²) < 4.78 is 0. The van der Waals surface area contributed by atoms with Crippen molar-refractivity contribution in [2.24, 2.45) is 5.73 Å². The molecule has 1 aromatic carbocycles. The number of hydrogen-bond acceptors (Lipinski definition) is 2. The highest BCUT2D eigenvalue weighted by molar-refractivity contribution is 5.28. The molecule has 0 heterocycles. The van der Waals surface area contributed by atoms with E-state index in [-0.39, 0.29) is 12.6 Å². The normalized spacial score (nSPS) is 19.6. The van der Waals surface area contributed by atoms with Crippen molar-refractivity contribution < 1.29 is 5.11 Å². The van der Waals surface area contributed by atoms with Crippen molar-refractivity contribution in [2.45, 2.75) is 44.1 Å². The first-order chi connectivity index (χ1) is 7.81. The number of rotatable bonds is 3. The number of aliphatic hydroxyl groups excluding tert-OH is 1. The third-order valence-corrected chi connectivity index (χ3v) is 3.61. The van der Waals surface area contributed by atoms with Gasteiger partial charge in [-0.2, -0.15) is 0 Å². The van der Waals surface area contributed by atoms with E-state index >= 15 is 0 Å². The second-order valence-electron chi connectivity index (χ2n) is 4.79. The fraction of sp³-hybridized carbons (Fsp3) is 0.571. The molecule has 3 N–H and O–H groups in total. The molecule has 2 nitrogen and oxygen atoms in total. The minimum atomic E-state index is -0.233. The molecule has 1 aliphatic rings. The minimum Gasteiger partial charge on any atom is -0.394 e. The van der Waals surface area contributed by atoms with Gasteiger partial charge in [-0.1, -0.05) is 43.5 Å². The second-order valence-corrected chi connectivity index (χ2v) is 4.79. The van der Waals surface area contributed by atoms with E-state index in [4.69, 9.17) is 10.8 Å². The van der Waals surface area contributed by atoms with Crippen LogP contribution in [0.3, 0.4) is 0 Å². The van der Waals surface area contributed by atoms with Crippen LogP contribution in [-0.4, -0.2) is 11.7 Å². The summed E-state index contributed by atoms with van der Waals surface area (Å²) in [7, 11) is 0. The highest BCUT2D eigenvalue weighted by Gasteiger charge is 2.16. The Hall–Kier alpha value is -0.860. The molecule has 0 aromatic heterocycles. The molecule has 16 heavy (non-hydrogen) atoms. The van der Waals surface area contributed by atoms with Gasteiger partial charge in [0.05, 0.1) is 12.6 Å². The molecule has 0 aliphatic heterocycles. The Morgan fingerprint density at radius 2 is 2.00 bits per heavy atom. The summed E-state index contributed by atoms with van der Waals surface area (Å²) in [6, 6.07) is 8.21. The smallest absolute Gasteiger partial charge is 0.0624 e. The van der Waals surface area contributed by atoms with Crippen LogP contribution in [0.25, 0.3) is 0 Å². The van der Waals surface area contributed by atoms with E-state index in [0.29, 0.717) is 5.92 Å². The van der Waals surface area contributed by atoms with Gasteiger partial charge >= 0.3 is 0 Å². The fourth-order valence-electron chi connectivity index (χ4n) is 2.58. The van der Waals surface area contributed by atoms with Crippen LogP contribution in [0.5, 0.6) is 0 Å². The van der Waals surface area contributed by atoms with Crippen molar-refractivity contribution >= 4 is 0 Å². The molecule has 0 saturated heterocycles. The molecule has 0 bridgehead atoms. The van der Waals surface area contributed by atoms with Crippen molar-refractivity contribution in [1.29, 1.82) is 0 Å². The quantitative estimate of drug-likeness (QED) is 0.821. The number of hydrogen-bond donors (Lipinski definition) is 2. The summed E-state index contributed by atoms with van der Waals surface area (Å²) >= 11 is 0. The van der Waals surface area contributed by atoms with Gasteiger partial charge in [0.25, 0.3) is 0 Å². The number of benzene rings is 1. The van der Waals surface area contributed by atoms with Crippen LogP contribution in [0.2, 0.25) is 0 Å². The monoisotopic (exact) mass is 219 g/mol. The van der Waals surface area contributed by atoms with Gasteiger partial charge in [0.15, 0.2) is 0 Å². The van der Waals surface area contributed by atoms with E-state index in [0.717, 1.165) is 5.56 Å². The largest absolute Gasteiger partial charge is 0.394 e. The average Bonchev–Trinajstić information content (AvgIpc) is 2.39. The molecule has 0 spiro atoms. The zero-order valence-corrected chi connectivity index (χ0v) is 9.73. The van der Waals surface area contributed by atoms with Crippen LogP contribution in [0.15, 0.2) is 24.3 Å².